The number of nitrogens with zero attached hydrogens (tertiary/aromatic N) is 2. The molecular weight excluding hydrogens is 284 g/mol. The predicted molar refractivity (Wildman–Crippen MR) is 70.4 cm³/mol. The van der Waals surface area contributed by atoms with Gasteiger partial charge in [0, 0.05) is 24.4 Å². The molecule has 0 radical (unpaired) electrons. The first kappa shape index (κ1) is 14.2. The summed E-state index contributed by atoms with van der Waals surface area (Å²) in [5.41, 5.74) is 0.420. The van der Waals surface area contributed by atoms with Crippen LogP contribution in [0.1, 0.15) is 18.5 Å². The fourth-order valence-electron chi connectivity index (χ4n) is 1.66. The van der Waals surface area contributed by atoms with E-state index in [2.05, 4.69) is 14.9 Å². The molecule has 106 valence electrons. The van der Waals surface area contributed by atoms with Crippen molar-refractivity contribution in [3.63, 3.8) is 0 Å². The largest absolute Gasteiger partial charge is 0.284 e. The highest BCUT2D eigenvalue weighted by atomic mass is 32.2. The van der Waals surface area contributed by atoms with Gasteiger partial charge >= 0.3 is 0 Å². The second kappa shape index (κ2) is 5.39. The smallest absolute Gasteiger partial charge is 0.269 e. The van der Waals surface area contributed by atoms with Gasteiger partial charge in [0.15, 0.2) is 0 Å². The molecule has 0 bridgehead atoms. The standard InChI is InChI=1S/C11H12N4O4S/c1-8(9-3-2-4-10(5-9)15(16)17)14-20(18,19)11-6-12-13-7-11/h2-8,14H,1H3,(H,12,13). The number of H-pyrrole nitrogens is 1. The van der Waals surface area contributed by atoms with E-state index < -0.39 is 21.0 Å². The lowest BCUT2D eigenvalue weighted by atomic mass is 10.1. The van der Waals surface area contributed by atoms with Gasteiger partial charge in [-0.1, -0.05) is 12.1 Å². The summed E-state index contributed by atoms with van der Waals surface area (Å²) in [6.07, 6.45) is 2.44. The number of benzene rings is 1. The molecule has 0 spiro atoms. The Hall–Kier alpha value is -2.26. The van der Waals surface area contributed by atoms with Crippen molar-refractivity contribution in [1.29, 1.82) is 0 Å². The molecule has 0 aliphatic rings. The van der Waals surface area contributed by atoms with Crippen LogP contribution in [0.3, 0.4) is 0 Å². The van der Waals surface area contributed by atoms with Crippen molar-refractivity contribution < 1.29 is 13.3 Å². The highest BCUT2D eigenvalue weighted by Crippen LogP contribution is 2.20. The van der Waals surface area contributed by atoms with Crippen LogP contribution in [0.4, 0.5) is 5.69 Å². The van der Waals surface area contributed by atoms with Crippen LogP contribution in [-0.2, 0) is 10.0 Å². The number of sulfonamides is 1. The van der Waals surface area contributed by atoms with Crippen LogP contribution < -0.4 is 4.72 Å². The minimum atomic E-state index is -3.71. The summed E-state index contributed by atoms with van der Waals surface area (Å²) in [5, 5.41) is 16.7. The second-order valence-electron chi connectivity index (χ2n) is 4.13. The first-order valence-electron chi connectivity index (χ1n) is 5.65. The number of hydrogen-bond acceptors (Lipinski definition) is 5. The zero-order valence-corrected chi connectivity index (χ0v) is 11.3. The van der Waals surface area contributed by atoms with Crippen LogP contribution in [0.2, 0.25) is 0 Å². The average Bonchev–Trinajstić information content (AvgIpc) is 2.93. The third-order valence-electron chi connectivity index (χ3n) is 2.70. The summed E-state index contributed by atoms with van der Waals surface area (Å²) in [7, 11) is -3.71. The van der Waals surface area contributed by atoms with E-state index in [0.29, 0.717) is 5.56 Å². The molecular formula is C11H12N4O4S. The minimum absolute atomic E-state index is 0.00906. The molecule has 1 atom stereocenters. The number of nitro benzene ring substituents is 1. The fraction of sp³-hybridized carbons (Fsp3) is 0.182. The van der Waals surface area contributed by atoms with Crippen molar-refractivity contribution in [3.05, 3.63) is 52.3 Å². The van der Waals surface area contributed by atoms with E-state index in [1.54, 1.807) is 13.0 Å². The SMILES string of the molecule is CC(NS(=O)(=O)c1cn[nH]c1)c1cccc([N+](=O)[O-])c1. The second-order valence-corrected chi connectivity index (χ2v) is 5.84. The van der Waals surface area contributed by atoms with Gasteiger partial charge in [-0.25, -0.2) is 13.1 Å². The number of aromatic amines is 1. The van der Waals surface area contributed by atoms with Crippen molar-refractivity contribution in [2.24, 2.45) is 0 Å². The lowest BCUT2D eigenvalue weighted by molar-refractivity contribution is -0.384. The first-order chi connectivity index (χ1) is 9.40. The number of aromatic nitrogens is 2. The average molecular weight is 296 g/mol. The Balaban J connectivity index is 2.22. The number of nitro groups is 1. The molecule has 1 unspecified atom stereocenters. The Morgan fingerprint density at radius 3 is 2.80 bits per heavy atom. The van der Waals surface area contributed by atoms with Gasteiger partial charge in [0.25, 0.3) is 5.69 Å². The number of nitrogens with one attached hydrogen (secondary N) is 2. The lowest BCUT2D eigenvalue weighted by Gasteiger charge is -2.13. The van der Waals surface area contributed by atoms with Gasteiger partial charge < -0.3 is 0 Å². The van der Waals surface area contributed by atoms with Gasteiger partial charge in [-0.15, -0.1) is 0 Å². The third-order valence-corrected chi connectivity index (χ3v) is 4.20. The third kappa shape index (κ3) is 3.00. The molecule has 1 heterocycles. The zero-order chi connectivity index (χ0) is 14.8. The summed E-state index contributed by atoms with van der Waals surface area (Å²) < 4.78 is 26.4. The molecule has 0 aliphatic carbocycles. The Kier molecular flexibility index (Phi) is 3.81. The summed E-state index contributed by atoms with van der Waals surface area (Å²) in [4.78, 5) is 10.2. The van der Waals surface area contributed by atoms with E-state index >= 15 is 0 Å². The molecule has 1 aromatic carbocycles. The maximum Gasteiger partial charge on any atom is 0.269 e. The summed E-state index contributed by atoms with van der Waals surface area (Å²) in [6.45, 7) is 1.61. The Bertz CT molecular complexity index is 712. The van der Waals surface area contributed by atoms with Gasteiger partial charge in [-0.05, 0) is 12.5 Å². The van der Waals surface area contributed by atoms with Gasteiger partial charge in [-0.2, -0.15) is 5.10 Å². The fourth-order valence-corrected chi connectivity index (χ4v) is 2.80. The van der Waals surface area contributed by atoms with Gasteiger partial charge in [0.1, 0.15) is 4.90 Å². The molecule has 9 heteroatoms. The molecule has 0 saturated heterocycles. The van der Waals surface area contributed by atoms with E-state index in [0.717, 1.165) is 0 Å². The van der Waals surface area contributed by atoms with Crippen molar-refractivity contribution in [2.45, 2.75) is 17.9 Å². The minimum Gasteiger partial charge on any atom is -0.284 e. The summed E-state index contributed by atoms with van der Waals surface area (Å²) >= 11 is 0. The van der Waals surface area contributed by atoms with Crippen LogP contribution in [0.25, 0.3) is 0 Å². The molecule has 0 saturated carbocycles. The first-order valence-corrected chi connectivity index (χ1v) is 7.14. The molecule has 2 rings (SSSR count). The summed E-state index contributed by atoms with van der Waals surface area (Å²) in [6, 6.07) is 5.21. The normalized spacial score (nSPS) is 13.1. The van der Waals surface area contributed by atoms with E-state index in [1.807, 2.05) is 0 Å². The maximum absolute atomic E-state index is 12.0. The monoisotopic (exact) mass is 296 g/mol. The molecule has 0 fully saturated rings. The Labute approximate surface area is 115 Å². The highest BCUT2D eigenvalue weighted by Gasteiger charge is 2.20. The maximum atomic E-state index is 12.0. The number of hydrogen-bond donors (Lipinski definition) is 2. The van der Waals surface area contributed by atoms with Gasteiger partial charge in [0.05, 0.1) is 11.1 Å². The summed E-state index contributed by atoms with van der Waals surface area (Å²) in [5.74, 6) is 0. The molecule has 20 heavy (non-hydrogen) atoms. The van der Waals surface area contributed by atoms with Crippen molar-refractivity contribution in [2.75, 3.05) is 0 Å². The Morgan fingerprint density at radius 1 is 1.45 bits per heavy atom. The topological polar surface area (TPSA) is 118 Å². The zero-order valence-electron chi connectivity index (χ0n) is 10.5. The molecule has 1 aromatic heterocycles. The van der Waals surface area contributed by atoms with E-state index in [-0.39, 0.29) is 10.6 Å². The predicted octanol–water partition coefficient (Wildman–Crippen LogP) is 1.36. The molecule has 2 N–H and O–H groups in total. The van der Waals surface area contributed by atoms with Gasteiger partial charge in [0.2, 0.25) is 10.0 Å². The van der Waals surface area contributed by atoms with Crippen LogP contribution in [-0.4, -0.2) is 23.5 Å². The highest BCUT2D eigenvalue weighted by molar-refractivity contribution is 7.89. The van der Waals surface area contributed by atoms with Crippen LogP contribution in [0.5, 0.6) is 0 Å². The van der Waals surface area contributed by atoms with Crippen molar-refractivity contribution >= 4 is 15.7 Å². The lowest BCUT2D eigenvalue weighted by Crippen LogP contribution is -2.26. The Morgan fingerprint density at radius 2 is 2.20 bits per heavy atom. The quantitative estimate of drug-likeness (QED) is 0.638. The van der Waals surface area contributed by atoms with Crippen LogP contribution in [0.15, 0.2) is 41.6 Å². The van der Waals surface area contributed by atoms with Gasteiger partial charge in [-0.3, -0.25) is 15.2 Å². The number of rotatable bonds is 5. The molecule has 2 aromatic rings. The van der Waals surface area contributed by atoms with E-state index in [4.69, 9.17) is 0 Å². The van der Waals surface area contributed by atoms with Crippen LogP contribution >= 0.6 is 0 Å². The van der Waals surface area contributed by atoms with Crippen molar-refractivity contribution in [3.8, 4) is 0 Å². The van der Waals surface area contributed by atoms with Crippen molar-refractivity contribution in [1.82, 2.24) is 14.9 Å². The van der Waals surface area contributed by atoms with E-state index in [9.17, 15) is 18.5 Å². The molecule has 8 nitrogen and oxygen atoms in total. The van der Waals surface area contributed by atoms with E-state index in [1.165, 1.54) is 30.6 Å². The molecule has 0 amide bonds. The van der Waals surface area contributed by atoms with Crippen LogP contribution in [0, 0.1) is 10.1 Å². The molecule has 0 aliphatic heterocycles. The number of non-ortho nitro benzene ring substituents is 1.